The second-order valence-electron chi connectivity index (χ2n) is 6.41. The molecule has 1 N–H and O–H groups in total. The van der Waals surface area contributed by atoms with Crippen LogP contribution in [0.15, 0.2) is 85.2 Å². The van der Waals surface area contributed by atoms with Crippen molar-refractivity contribution in [1.29, 1.82) is 0 Å². The van der Waals surface area contributed by atoms with Crippen molar-refractivity contribution in [2.75, 3.05) is 0 Å². The maximum atomic E-state index is 10.1. The maximum Gasteiger partial charge on any atom is 0.140 e. The first-order valence-electron chi connectivity index (χ1n) is 8.67. The lowest BCUT2D eigenvalue weighted by atomic mass is 9.98. The lowest BCUT2D eigenvalue weighted by Gasteiger charge is -2.13. The molecule has 0 aliphatic carbocycles. The fraction of sp³-hybridized carbons (Fsp3) is 0.0870. The molecule has 0 saturated heterocycles. The minimum absolute atomic E-state index is 0.310. The molecule has 0 unspecified atom stereocenters. The van der Waals surface area contributed by atoms with Crippen LogP contribution in [0.3, 0.4) is 0 Å². The summed E-state index contributed by atoms with van der Waals surface area (Å²) in [6.07, 6.45) is 3.84. The predicted molar refractivity (Wildman–Crippen MR) is 105 cm³/mol. The molecule has 1 aromatic heterocycles. The number of rotatable bonds is 4. The lowest BCUT2D eigenvalue weighted by Crippen LogP contribution is -2.01. The van der Waals surface area contributed by atoms with E-state index in [-0.39, 0.29) is 0 Å². The molecule has 3 nitrogen and oxygen atoms in total. The second kappa shape index (κ2) is 6.89. The smallest absolute Gasteiger partial charge is 0.140 e. The van der Waals surface area contributed by atoms with Crippen molar-refractivity contribution in [2.45, 2.75) is 13.5 Å². The van der Waals surface area contributed by atoms with E-state index in [0.29, 0.717) is 5.75 Å². The van der Waals surface area contributed by atoms with E-state index in [9.17, 15) is 5.11 Å². The van der Waals surface area contributed by atoms with Gasteiger partial charge < -0.3 is 9.67 Å². The van der Waals surface area contributed by atoms with Gasteiger partial charge in [0.05, 0.1) is 0 Å². The van der Waals surface area contributed by atoms with Crippen molar-refractivity contribution in [3.63, 3.8) is 0 Å². The number of aromatic nitrogens is 2. The van der Waals surface area contributed by atoms with Crippen molar-refractivity contribution < 1.29 is 5.11 Å². The number of imidazole rings is 1. The van der Waals surface area contributed by atoms with E-state index in [4.69, 9.17) is 0 Å². The number of phenols is 1. The average Bonchev–Trinajstić information content (AvgIpc) is 3.13. The monoisotopic (exact) mass is 340 g/mol. The number of nitrogens with zero attached hydrogens (tertiary/aromatic N) is 2. The van der Waals surface area contributed by atoms with Gasteiger partial charge in [-0.1, -0.05) is 66.7 Å². The average molecular weight is 340 g/mol. The number of hydrogen-bond donors (Lipinski definition) is 1. The maximum absolute atomic E-state index is 10.1. The van der Waals surface area contributed by atoms with E-state index in [1.54, 1.807) is 0 Å². The summed E-state index contributed by atoms with van der Waals surface area (Å²) >= 11 is 0. The highest BCUT2D eigenvalue weighted by Gasteiger charge is 2.13. The van der Waals surface area contributed by atoms with Crippen molar-refractivity contribution >= 4 is 0 Å². The van der Waals surface area contributed by atoms with Crippen LogP contribution in [0.1, 0.15) is 11.1 Å². The van der Waals surface area contributed by atoms with Crippen LogP contribution in [-0.2, 0) is 6.54 Å². The number of phenolic OH excluding ortho intramolecular Hbond substituents is 1. The van der Waals surface area contributed by atoms with Crippen molar-refractivity contribution in [2.24, 2.45) is 0 Å². The normalized spacial score (nSPS) is 10.8. The first-order chi connectivity index (χ1) is 12.7. The first kappa shape index (κ1) is 16.2. The zero-order valence-electron chi connectivity index (χ0n) is 14.6. The molecule has 26 heavy (non-hydrogen) atoms. The SMILES string of the molecule is Cc1ccc(-c2ccccc2-c2nccn2Cc2ccccc2)cc1O. The van der Waals surface area contributed by atoms with Gasteiger partial charge in [-0.15, -0.1) is 0 Å². The molecule has 4 rings (SSSR count). The van der Waals surface area contributed by atoms with Gasteiger partial charge in [0.1, 0.15) is 11.6 Å². The Balaban J connectivity index is 1.78. The van der Waals surface area contributed by atoms with Gasteiger partial charge in [-0.2, -0.15) is 0 Å². The molecular weight excluding hydrogens is 320 g/mol. The Kier molecular flexibility index (Phi) is 4.28. The lowest BCUT2D eigenvalue weighted by molar-refractivity contribution is 0.471. The molecule has 1 heterocycles. The predicted octanol–water partition coefficient (Wildman–Crippen LogP) is 5.28. The first-order valence-corrected chi connectivity index (χ1v) is 8.67. The third-order valence-corrected chi connectivity index (χ3v) is 4.60. The summed E-state index contributed by atoms with van der Waals surface area (Å²) in [5, 5.41) is 10.1. The van der Waals surface area contributed by atoms with Gasteiger partial charge in [0, 0.05) is 24.5 Å². The van der Waals surface area contributed by atoms with Gasteiger partial charge in [-0.05, 0) is 35.2 Å². The topological polar surface area (TPSA) is 38.0 Å². The molecule has 0 atom stereocenters. The zero-order valence-corrected chi connectivity index (χ0v) is 14.6. The Morgan fingerprint density at radius 1 is 0.885 bits per heavy atom. The Morgan fingerprint density at radius 3 is 2.38 bits per heavy atom. The molecule has 0 bridgehead atoms. The molecular formula is C23H20N2O. The van der Waals surface area contributed by atoms with Crippen LogP contribution in [0, 0.1) is 6.92 Å². The Hall–Kier alpha value is -3.33. The summed E-state index contributed by atoms with van der Waals surface area (Å²) in [6.45, 7) is 2.67. The molecule has 4 aromatic rings. The van der Waals surface area contributed by atoms with Crippen LogP contribution in [0.25, 0.3) is 22.5 Å². The standard InChI is InChI=1S/C23H20N2O/c1-17-11-12-19(15-22(17)26)20-9-5-6-10-21(20)23-24-13-14-25(23)16-18-7-3-2-4-8-18/h2-15,26H,16H2,1H3. The quantitative estimate of drug-likeness (QED) is 0.549. The van der Waals surface area contributed by atoms with Gasteiger partial charge in [-0.3, -0.25) is 0 Å². The molecule has 0 spiro atoms. The van der Waals surface area contributed by atoms with Gasteiger partial charge in [-0.25, -0.2) is 4.98 Å². The van der Waals surface area contributed by atoms with Crippen LogP contribution in [-0.4, -0.2) is 14.7 Å². The number of benzene rings is 3. The van der Waals surface area contributed by atoms with E-state index in [1.807, 2.05) is 55.7 Å². The number of aryl methyl sites for hydroxylation is 1. The van der Waals surface area contributed by atoms with E-state index < -0.39 is 0 Å². The highest BCUT2D eigenvalue weighted by Crippen LogP contribution is 2.33. The molecule has 0 amide bonds. The van der Waals surface area contributed by atoms with E-state index in [1.165, 1.54) is 5.56 Å². The molecule has 3 aromatic carbocycles. The summed E-state index contributed by atoms with van der Waals surface area (Å²) in [4.78, 5) is 4.61. The molecule has 0 aliphatic heterocycles. The summed E-state index contributed by atoms with van der Waals surface area (Å²) in [5.74, 6) is 1.23. The summed E-state index contributed by atoms with van der Waals surface area (Å²) in [6, 6.07) is 24.4. The van der Waals surface area contributed by atoms with E-state index in [2.05, 4.69) is 45.9 Å². The van der Waals surface area contributed by atoms with Gasteiger partial charge in [0.2, 0.25) is 0 Å². The fourth-order valence-corrected chi connectivity index (χ4v) is 3.17. The van der Waals surface area contributed by atoms with E-state index >= 15 is 0 Å². The molecule has 128 valence electrons. The third-order valence-electron chi connectivity index (χ3n) is 4.60. The van der Waals surface area contributed by atoms with Gasteiger partial charge in [0.25, 0.3) is 0 Å². The molecule has 3 heteroatoms. The second-order valence-corrected chi connectivity index (χ2v) is 6.41. The summed E-state index contributed by atoms with van der Waals surface area (Å²) in [5.41, 5.74) is 5.20. The van der Waals surface area contributed by atoms with Crippen molar-refractivity contribution in [1.82, 2.24) is 9.55 Å². The van der Waals surface area contributed by atoms with Crippen LogP contribution in [0.5, 0.6) is 5.75 Å². The summed E-state index contributed by atoms with van der Waals surface area (Å²) < 4.78 is 2.15. The summed E-state index contributed by atoms with van der Waals surface area (Å²) in [7, 11) is 0. The molecule has 0 fully saturated rings. The Bertz CT molecular complexity index is 1040. The van der Waals surface area contributed by atoms with Crippen molar-refractivity contribution in [3.8, 4) is 28.3 Å². The van der Waals surface area contributed by atoms with Crippen LogP contribution in [0.2, 0.25) is 0 Å². The largest absolute Gasteiger partial charge is 0.508 e. The number of aromatic hydroxyl groups is 1. The Morgan fingerprint density at radius 2 is 1.62 bits per heavy atom. The zero-order chi connectivity index (χ0) is 17.9. The van der Waals surface area contributed by atoms with Crippen LogP contribution in [0.4, 0.5) is 0 Å². The fourth-order valence-electron chi connectivity index (χ4n) is 3.17. The number of hydrogen-bond acceptors (Lipinski definition) is 2. The molecule has 0 saturated carbocycles. The minimum atomic E-state index is 0.310. The Labute approximate surface area is 153 Å². The van der Waals surface area contributed by atoms with Crippen LogP contribution < -0.4 is 0 Å². The van der Waals surface area contributed by atoms with E-state index in [0.717, 1.165) is 34.6 Å². The van der Waals surface area contributed by atoms with Crippen LogP contribution >= 0.6 is 0 Å². The third kappa shape index (κ3) is 3.11. The molecule has 0 aliphatic rings. The highest BCUT2D eigenvalue weighted by molar-refractivity contribution is 5.81. The van der Waals surface area contributed by atoms with Gasteiger partial charge >= 0.3 is 0 Å². The molecule has 0 radical (unpaired) electrons. The minimum Gasteiger partial charge on any atom is -0.508 e. The van der Waals surface area contributed by atoms with Crippen molar-refractivity contribution in [3.05, 3.63) is 96.3 Å². The van der Waals surface area contributed by atoms with Gasteiger partial charge in [0.15, 0.2) is 0 Å². The highest BCUT2D eigenvalue weighted by atomic mass is 16.3.